The molecule has 47 heavy (non-hydrogen) atoms. The lowest BCUT2D eigenvalue weighted by Gasteiger charge is -2.28. The monoisotopic (exact) mass is 631 g/mol. The summed E-state index contributed by atoms with van der Waals surface area (Å²) >= 11 is 0. The number of rotatable bonds is 7. The number of hydrogen-bond acceptors (Lipinski definition) is 4. The zero-order valence-electron chi connectivity index (χ0n) is 26.5. The van der Waals surface area contributed by atoms with Gasteiger partial charge >= 0.3 is 5.97 Å². The molecule has 0 unspecified atom stereocenters. The topological polar surface area (TPSA) is 110 Å². The summed E-state index contributed by atoms with van der Waals surface area (Å²) in [6.07, 6.45) is 11.7. The van der Waals surface area contributed by atoms with Crippen LogP contribution >= 0.6 is 0 Å². The van der Waals surface area contributed by atoms with Crippen LogP contribution in [0, 0.1) is 5.92 Å². The Balaban J connectivity index is 1.04. The number of amides is 2. The van der Waals surface area contributed by atoms with Crippen LogP contribution in [0.2, 0.25) is 0 Å². The molecule has 8 heteroatoms. The number of benzene rings is 3. The maximum atomic E-state index is 13.6. The lowest BCUT2D eigenvalue weighted by molar-refractivity contribution is -0.131. The summed E-state index contributed by atoms with van der Waals surface area (Å²) in [6.45, 7) is 1.32. The fourth-order valence-corrected chi connectivity index (χ4v) is 7.74. The second kappa shape index (κ2) is 13.5. The minimum Gasteiger partial charge on any atom is -0.491 e. The van der Waals surface area contributed by atoms with Gasteiger partial charge in [-0.1, -0.05) is 49.6 Å². The molecule has 4 aromatic rings. The molecule has 2 heterocycles. The van der Waals surface area contributed by atoms with E-state index in [-0.39, 0.29) is 23.8 Å². The average molecular weight is 632 g/mol. The summed E-state index contributed by atoms with van der Waals surface area (Å²) in [7, 11) is 0. The van der Waals surface area contributed by atoms with Crippen LogP contribution in [-0.2, 0) is 16.1 Å². The lowest BCUT2D eigenvalue weighted by atomic mass is 9.81. The molecule has 8 nitrogen and oxygen atoms in total. The van der Waals surface area contributed by atoms with Crippen LogP contribution < -0.4 is 15.4 Å². The zero-order valence-corrected chi connectivity index (χ0v) is 26.5. The van der Waals surface area contributed by atoms with Gasteiger partial charge in [-0.2, -0.15) is 0 Å². The van der Waals surface area contributed by atoms with Crippen LogP contribution in [0.15, 0.2) is 72.8 Å². The molecule has 2 aliphatic carbocycles. The molecule has 1 aliphatic heterocycles. The Morgan fingerprint density at radius 3 is 2.40 bits per heavy atom. The number of aliphatic carboxylic acids is 1. The summed E-state index contributed by atoms with van der Waals surface area (Å²) in [5.74, 6) is 0.207. The highest BCUT2D eigenvalue weighted by atomic mass is 16.5. The van der Waals surface area contributed by atoms with Crippen LogP contribution in [0.25, 0.3) is 28.2 Å². The van der Waals surface area contributed by atoms with Gasteiger partial charge < -0.3 is 25.0 Å². The van der Waals surface area contributed by atoms with Crippen molar-refractivity contribution in [3.05, 3.63) is 89.5 Å². The molecular weight excluding hydrogens is 590 g/mol. The number of fused-ring (bicyclic) bond motifs is 5. The van der Waals surface area contributed by atoms with Crippen molar-refractivity contribution in [1.82, 2.24) is 9.88 Å². The number of anilines is 1. The van der Waals surface area contributed by atoms with Crippen LogP contribution in [0.4, 0.5) is 5.69 Å². The van der Waals surface area contributed by atoms with Gasteiger partial charge in [0.1, 0.15) is 12.4 Å². The summed E-state index contributed by atoms with van der Waals surface area (Å²) in [4.78, 5) is 37.3. The Labute approximate surface area is 274 Å². The van der Waals surface area contributed by atoms with Gasteiger partial charge in [0.05, 0.1) is 12.2 Å². The maximum absolute atomic E-state index is 13.6. The van der Waals surface area contributed by atoms with Crippen LogP contribution in [0.1, 0.15) is 85.2 Å². The van der Waals surface area contributed by atoms with Crippen molar-refractivity contribution in [2.24, 2.45) is 5.92 Å². The molecule has 2 fully saturated rings. The van der Waals surface area contributed by atoms with Gasteiger partial charge in [0, 0.05) is 45.8 Å². The Morgan fingerprint density at radius 1 is 0.872 bits per heavy atom. The predicted octanol–water partition coefficient (Wildman–Crippen LogP) is 7.77. The molecule has 0 saturated heterocycles. The number of ether oxygens (including phenoxy) is 1. The second-order valence-electron chi connectivity index (χ2n) is 13.1. The van der Waals surface area contributed by atoms with Crippen LogP contribution in [0.3, 0.4) is 0 Å². The molecule has 2 saturated carbocycles. The Morgan fingerprint density at radius 2 is 1.64 bits per heavy atom. The Kier molecular flexibility index (Phi) is 8.83. The molecule has 7 rings (SSSR count). The highest BCUT2D eigenvalue weighted by molar-refractivity contribution is 6.01. The standard InChI is InChI=1S/C39H41N3O5/c43-35(44)21-12-25-10-16-29(17-11-25)40-38(45)27-13-18-30(19-14-27)41-39(46)28-15-20-31-33(24-28)42-22-23-47-34-9-5-4-8-32(34)37(42)36(31)26-6-2-1-3-7-26/h4-5,8-12,15-17,20-21,24,26-27,30H,1-3,6-7,13-14,18-19,22-23H2,(H,40,45)(H,41,46)(H,43,44)/b21-12+. The number of nitrogens with one attached hydrogen (secondary N) is 2. The fourth-order valence-electron chi connectivity index (χ4n) is 7.74. The lowest BCUT2D eigenvalue weighted by Crippen LogP contribution is -2.39. The first-order valence-corrected chi connectivity index (χ1v) is 17.0. The molecule has 0 bridgehead atoms. The first-order valence-electron chi connectivity index (χ1n) is 17.0. The van der Waals surface area contributed by atoms with E-state index in [4.69, 9.17) is 9.84 Å². The largest absolute Gasteiger partial charge is 0.491 e. The Bertz CT molecular complexity index is 1830. The molecule has 2 amide bonds. The third-order valence-corrected chi connectivity index (χ3v) is 10.1. The maximum Gasteiger partial charge on any atom is 0.328 e. The molecule has 3 aliphatic rings. The zero-order chi connectivity index (χ0) is 32.3. The summed E-state index contributed by atoms with van der Waals surface area (Å²) in [6, 6.07) is 21.7. The van der Waals surface area contributed by atoms with Crippen molar-refractivity contribution in [3.8, 4) is 17.0 Å². The first-order chi connectivity index (χ1) is 22.9. The summed E-state index contributed by atoms with van der Waals surface area (Å²) < 4.78 is 8.57. The van der Waals surface area contributed by atoms with Crippen molar-refractivity contribution in [3.63, 3.8) is 0 Å². The van der Waals surface area contributed by atoms with E-state index in [1.807, 2.05) is 12.1 Å². The molecular formula is C39H41N3O5. The third-order valence-electron chi connectivity index (χ3n) is 10.1. The predicted molar refractivity (Wildman–Crippen MR) is 184 cm³/mol. The highest BCUT2D eigenvalue weighted by Crippen LogP contribution is 2.47. The van der Waals surface area contributed by atoms with Crippen molar-refractivity contribution >= 4 is 40.4 Å². The third kappa shape index (κ3) is 6.55. The van der Waals surface area contributed by atoms with Gasteiger partial charge in [0.25, 0.3) is 5.91 Å². The van der Waals surface area contributed by atoms with E-state index in [1.54, 1.807) is 24.3 Å². The van der Waals surface area contributed by atoms with E-state index >= 15 is 0 Å². The fraction of sp³-hybridized carbons (Fsp3) is 0.359. The minimum atomic E-state index is -1.00. The van der Waals surface area contributed by atoms with Crippen LogP contribution in [0.5, 0.6) is 5.75 Å². The molecule has 0 radical (unpaired) electrons. The number of aromatic nitrogens is 1. The van der Waals surface area contributed by atoms with E-state index < -0.39 is 5.97 Å². The average Bonchev–Trinajstić information content (AvgIpc) is 3.29. The highest BCUT2D eigenvalue weighted by Gasteiger charge is 2.31. The van der Waals surface area contributed by atoms with Gasteiger partial charge in [0.15, 0.2) is 0 Å². The van der Waals surface area contributed by atoms with E-state index in [0.29, 0.717) is 36.6 Å². The Hall–Kier alpha value is -4.85. The van der Waals surface area contributed by atoms with E-state index in [9.17, 15) is 14.4 Å². The van der Waals surface area contributed by atoms with Gasteiger partial charge in [-0.25, -0.2) is 4.79 Å². The van der Waals surface area contributed by atoms with Crippen LogP contribution in [-0.4, -0.2) is 40.1 Å². The number of carbonyl (C=O) groups excluding carboxylic acids is 2. The van der Waals surface area contributed by atoms with Gasteiger partial charge in [-0.15, -0.1) is 0 Å². The second-order valence-corrected chi connectivity index (χ2v) is 13.1. The first kappa shape index (κ1) is 30.8. The number of hydrogen-bond donors (Lipinski definition) is 3. The number of carboxylic acids is 1. The number of nitrogens with zero attached hydrogens (tertiary/aromatic N) is 1. The normalized spacial score (nSPS) is 19.7. The molecule has 1 aromatic heterocycles. The van der Waals surface area contributed by atoms with Crippen molar-refractivity contribution in [2.45, 2.75) is 76.3 Å². The smallest absolute Gasteiger partial charge is 0.328 e. The quantitative estimate of drug-likeness (QED) is 0.181. The number of carbonyl (C=O) groups is 3. The van der Waals surface area contributed by atoms with E-state index in [0.717, 1.165) is 47.9 Å². The summed E-state index contributed by atoms with van der Waals surface area (Å²) in [5.41, 5.74) is 6.98. The van der Waals surface area contributed by atoms with Crippen molar-refractivity contribution in [2.75, 3.05) is 11.9 Å². The van der Waals surface area contributed by atoms with E-state index in [2.05, 4.69) is 45.5 Å². The minimum absolute atomic E-state index is 0.0186. The molecule has 3 aromatic carbocycles. The number of carboxylic acid groups (broad SMARTS) is 1. The van der Waals surface area contributed by atoms with Crippen molar-refractivity contribution < 1.29 is 24.2 Å². The van der Waals surface area contributed by atoms with E-state index in [1.165, 1.54) is 54.8 Å². The van der Waals surface area contributed by atoms with Gasteiger partial charge in [-0.05, 0) is 98.0 Å². The number of para-hydroxylation sites is 1. The molecule has 242 valence electrons. The SMILES string of the molecule is O=C(O)/C=C/c1ccc(NC(=O)C2CCC(NC(=O)c3ccc4c(C5CCCCC5)c5n(c4c3)CCOc3ccccc3-5)CC2)cc1. The molecule has 0 atom stereocenters. The van der Waals surface area contributed by atoms with Gasteiger partial charge in [0.2, 0.25) is 5.91 Å². The van der Waals surface area contributed by atoms with Crippen molar-refractivity contribution in [1.29, 1.82) is 0 Å². The summed E-state index contributed by atoms with van der Waals surface area (Å²) in [5, 5.41) is 16.3. The van der Waals surface area contributed by atoms with Gasteiger partial charge in [-0.3, -0.25) is 9.59 Å². The molecule has 0 spiro atoms. The molecule has 3 N–H and O–H groups in total.